The molecular weight excluding hydrogens is 318 g/mol. The summed E-state index contributed by atoms with van der Waals surface area (Å²) < 4.78 is 0. The van der Waals surface area contributed by atoms with Gasteiger partial charge < -0.3 is 15.4 Å². The molecule has 128 valence electrons. The molecule has 0 saturated carbocycles. The van der Waals surface area contributed by atoms with Crippen LogP contribution < -0.4 is 5.32 Å². The number of aliphatic carboxylic acids is 1. The third-order valence-corrected chi connectivity index (χ3v) is 4.18. The Morgan fingerprint density at radius 3 is 2.72 bits per heavy atom. The molecule has 0 aliphatic carbocycles. The number of aromatic amines is 1. The quantitative estimate of drug-likeness (QED) is 0.644. The molecule has 2 aromatic heterocycles. The molecule has 2 heterocycles. The van der Waals surface area contributed by atoms with Gasteiger partial charge in [0.25, 0.3) is 0 Å². The minimum Gasteiger partial charge on any atom is -0.481 e. The summed E-state index contributed by atoms with van der Waals surface area (Å²) in [5.74, 6) is -1.18. The summed E-state index contributed by atoms with van der Waals surface area (Å²) in [6.45, 7) is 2.01. The molecule has 0 spiro atoms. The highest BCUT2D eigenvalue weighted by atomic mass is 16.4. The van der Waals surface area contributed by atoms with Crippen molar-refractivity contribution >= 4 is 22.8 Å². The summed E-state index contributed by atoms with van der Waals surface area (Å²) in [6, 6.07) is 8.77. The number of amides is 1. The zero-order valence-corrected chi connectivity index (χ0v) is 13.8. The molecule has 1 unspecified atom stereocenters. The van der Waals surface area contributed by atoms with E-state index < -0.39 is 12.0 Å². The van der Waals surface area contributed by atoms with Gasteiger partial charge in [-0.25, -0.2) is 0 Å². The number of aryl methyl sites for hydroxylation is 1. The van der Waals surface area contributed by atoms with Gasteiger partial charge in [0.2, 0.25) is 5.91 Å². The maximum atomic E-state index is 12.5. The van der Waals surface area contributed by atoms with Gasteiger partial charge in [0.1, 0.15) is 0 Å². The fraction of sp³-hybridized carbons (Fsp3) is 0.211. The van der Waals surface area contributed by atoms with E-state index in [1.807, 2.05) is 31.3 Å². The SMILES string of the molecule is Cc1cccc2c(CC(=O)NC(CC(=O)O)c3ccncc3)c[nH]c12. The molecule has 0 saturated heterocycles. The highest BCUT2D eigenvalue weighted by molar-refractivity contribution is 5.90. The molecule has 1 amide bonds. The van der Waals surface area contributed by atoms with Crippen LogP contribution in [-0.4, -0.2) is 27.0 Å². The Bertz CT molecular complexity index is 903. The van der Waals surface area contributed by atoms with Crippen molar-refractivity contribution in [3.8, 4) is 0 Å². The van der Waals surface area contributed by atoms with E-state index in [-0.39, 0.29) is 18.7 Å². The average Bonchev–Trinajstić information content (AvgIpc) is 2.99. The van der Waals surface area contributed by atoms with E-state index in [1.165, 1.54) is 0 Å². The highest BCUT2D eigenvalue weighted by Gasteiger charge is 2.19. The number of aromatic nitrogens is 2. The van der Waals surface area contributed by atoms with Gasteiger partial charge in [0.15, 0.2) is 0 Å². The van der Waals surface area contributed by atoms with E-state index in [0.29, 0.717) is 0 Å². The number of carboxylic acids is 1. The third-order valence-electron chi connectivity index (χ3n) is 4.18. The first-order valence-electron chi connectivity index (χ1n) is 8.01. The Morgan fingerprint density at radius 1 is 1.24 bits per heavy atom. The fourth-order valence-corrected chi connectivity index (χ4v) is 2.95. The van der Waals surface area contributed by atoms with E-state index in [2.05, 4.69) is 15.3 Å². The second-order valence-corrected chi connectivity index (χ2v) is 5.99. The molecule has 6 nitrogen and oxygen atoms in total. The van der Waals surface area contributed by atoms with Crippen LogP contribution in [0.2, 0.25) is 0 Å². The van der Waals surface area contributed by atoms with Crippen molar-refractivity contribution in [1.82, 2.24) is 15.3 Å². The van der Waals surface area contributed by atoms with Gasteiger partial charge in [-0.15, -0.1) is 0 Å². The Morgan fingerprint density at radius 2 is 2.00 bits per heavy atom. The lowest BCUT2D eigenvalue weighted by Crippen LogP contribution is -2.31. The monoisotopic (exact) mass is 337 g/mol. The minimum absolute atomic E-state index is 0.178. The number of carboxylic acid groups (broad SMARTS) is 1. The van der Waals surface area contributed by atoms with Crippen molar-refractivity contribution < 1.29 is 14.7 Å². The van der Waals surface area contributed by atoms with Crippen LogP contribution in [0.25, 0.3) is 10.9 Å². The molecule has 1 aromatic carbocycles. The van der Waals surface area contributed by atoms with Gasteiger partial charge in [-0.1, -0.05) is 18.2 Å². The molecule has 0 radical (unpaired) electrons. The lowest BCUT2D eigenvalue weighted by atomic mass is 10.0. The van der Waals surface area contributed by atoms with Crippen molar-refractivity contribution in [3.63, 3.8) is 0 Å². The Balaban J connectivity index is 1.77. The largest absolute Gasteiger partial charge is 0.481 e. The van der Waals surface area contributed by atoms with Crippen LogP contribution in [0, 0.1) is 6.92 Å². The minimum atomic E-state index is -0.968. The summed E-state index contributed by atoms with van der Waals surface area (Å²) in [6.07, 6.45) is 5.00. The van der Waals surface area contributed by atoms with Crippen LogP contribution in [0.3, 0.4) is 0 Å². The fourth-order valence-electron chi connectivity index (χ4n) is 2.95. The maximum Gasteiger partial charge on any atom is 0.305 e. The van der Waals surface area contributed by atoms with E-state index in [4.69, 9.17) is 5.11 Å². The number of carbonyl (C=O) groups excluding carboxylic acids is 1. The first-order valence-corrected chi connectivity index (χ1v) is 8.01. The molecule has 6 heteroatoms. The van der Waals surface area contributed by atoms with Gasteiger partial charge in [0.05, 0.1) is 18.9 Å². The molecule has 0 bridgehead atoms. The Hall–Kier alpha value is -3.15. The Labute approximate surface area is 144 Å². The maximum absolute atomic E-state index is 12.5. The smallest absolute Gasteiger partial charge is 0.305 e. The van der Waals surface area contributed by atoms with Gasteiger partial charge >= 0.3 is 5.97 Å². The number of H-pyrrole nitrogens is 1. The van der Waals surface area contributed by atoms with E-state index in [1.54, 1.807) is 24.5 Å². The number of fused-ring (bicyclic) bond motifs is 1. The van der Waals surface area contributed by atoms with Gasteiger partial charge in [-0.3, -0.25) is 14.6 Å². The zero-order chi connectivity index (χ0) is 17.8. The number of hydrogen-bond acceptors (Lipinski definition) is 3. The van der Waals surface area contributed by atoms with Gasteiger partial charge in [-0.05, 0) is 35.7 Å². The van der Waals surface area contributed by atoms with E-state index in [9.17, 15) is 9.59 Å². The van der Waals surface area contributed by atoms with Crippen LogP contribution in [-0.2, 0) is 16.0 Å². The number of nitrogens with one attached hydrogen (secondary N) is 2. The standard InChI is InChI=1S/C19H19N3O3/c1-12-3-2-4-15-14(11-21-19(12)15)9-17(23)22-16(10-18(24)25)13-5-7-20-8-6-13/h2-8,11,16,21H,9-10H2,1H3,(H,22,23)(H,24,25). The summed E-state index contributed by atoms with van der Waals surface area (Å²) in [7, 11) is 0. The van der Waals surface area contributed by atoms with Crippen LogP contribution >= 0.6 is 0 Å². The third kappa shape index (κ3) is 3.85. The van der Waals surface area contributed by atoms with Crippen molar-refractivity contribution in [2.75, 3.05) is 0 Å². The molecular formula is C19H19N3O3. The topological polar surface area (TPSA) is 95.1 Å². The van der Waals surface area contributed by atoms with Crippen LogP contribution in [0.5, 0.6) is 0 Å². The predicted octanol–water partition coefficient (Wildman–Crippen LogP) is 2.75. The predicted molar refractivity (Wildman–Crippen MR) is 94.1 cm³/mol. The van der Waals surface area contributed by atoms with Crippen LogP contribution in [0.15, 0.2) is 48.9 Å². The molecule has 0 aliphatic rings. The molecule has 3 N–H and O–H groups in total. The normalized spacial score (nSPS) is 12.0. The molecule has 3 rings (SSSR count). The van der Waals surface area contributed by atoms with Crippen molar-refractivity contribution in [1.29, 1.82) is 0 Å². The summed E-state index contributed by atoms with van der Waals surface area (Å²) in [4.78, 5) is 30.7. The summed E-state index contributed by atoms with van der Waals surface area (Å²) >= 11 is 0. The van der Waals surface area contributed by atoms with Crippen LogP contribution in [0.4, 0.5) is 0 Å². The molecule has 0 fully saturated rings. The van der Waals surface area contributed by atoms with Gasteiger partial charge in [0, 0.05) is 29.5 Å². The first-order chi connectivity index (χ1) is 12.0. The lowest BCUT2D eigenvalue weighted by molar-refractivity contribution is -0.137. The summed E-state index contributed by atoms with van der Waals surface area (Å²) in [5, 5.41) is 12.9. The second-order valence-electron chi connectivity index (χ2n) is 5.99. The molecule has 25 heavy (non-hydrogen) atoms. The summed E-state index contributed by atoms with van der Waals surface area (Å²) in [5.41, 5.74) is 3.74. The lowest BCUT2D eigenvalue weighted by Gasteiger charge is -2.17. The number of pyridine rings is 1. The number of hydrogen-bond donors (Lipinski definition) is 3. The average molecular weight is 337 g/mol. The Kier molecular flexibility index (Phi) is 4.79. The van der Waals surface area contributed by atoms with Crippen molar-refractivity contribution in [2.45, 2.75) is 25.8 Å². The first kappa shape index (κ1) is 16.7. The van der Waals surface area contributed by atoms with Crippen molar-refractivity contribution in [2.24, 2.45) is 0 Å². The number of para-hydroxylation sites is 1. The van der Waals surface area contributed by atoms with Gasteiger partial charge in [-0.2, -0.15) is 0 Å². The number of carbonyl (C=O) groups is 2. The second kappa shape index (κ2) is 7.17. The highest BCUT2D eigenvalue weighted by Crippen LogP contribution is 2.22. The zero-order valence-electron chi connectivity index (χ0n) is 13.8. The van der Waals surface area contributed by atoms with Crippen LogP contribution in [0.1, 0.15) is 29.2 Å². The molecule has 1 atom stereocenters. The van der Waals surface area contributed by atoms with E-state index in [0.717, 1.165) is 27.6 Å². The molecule has 3 aromatic rings. The van der Waals surface area contributed by atoms with Crippen molar-refractivity contribution in [3.05, 3.63) is 65.6 Å². The number of benzene rings is 1. The molecule has 0 aliphatic heterocycles. The van der Waals surface area contributed by atoms with E-state index >= 15 is 0 Å². The number of rotatable bonds is 6. The number of nitrogens with zero attached hydrogens (tertiary/aromatic N) is 1.